The number of nitro groups is 2. The van der Waals surface area contributed by atoms with E-state index >= 15 is 0 Å². The van der Waals surface area contributed by atoms with Crippen LogP contribution in [0.2, 0.25) is 0 Å². The summed E-state index contributed by atoms with van der Waals surface area (Å²) in [7, 11) is 0. The van der Waals surface area contributed by atoms with Crippen molar-refractivity contribution < 1.29 is 9.85 Å². The summed E-state index contributed by atoms with van der Waals surface area (Å²) in [5, 5.41) is 26.0. The molecule has 8 nitrogen and oxygen atoms in total. The van der Waals surface area contributed by atoms with Gasteiger partial charge in [0.25, 0.3) is 0 Å². The summed E-state index contributed by atoms with van der Waals surface area (Å²) in [4.78, 5) is 19.7. The first-order chi connectivity index (χ1) is 8.99. The number of hydrogen-bond donors (Lipinski definition) is 2. The van der Waals surface area contributed by atoms with E-state index in [4.69, 9.17) is 11.6 Å². The molecule has 0 aromatic heterocycles. The quantitative estimate of drug-likeness (QED) is 0.500. The van der Waals surface area contributed by atoms with Crippen LogP contribution in [0.5, 0.6) is 0 Å². The van der Waals surface area contributed by atoms with E-state index in [-0.39, 0.29) is 5.82 Å². The molecule has 1 aromatic carbocycles. The van der Waals surface area contributed by atoms with Gasteiger partial charge in [0.05, 0.1) is 21.2 Å². The maximum atomic E-state index is 10.9. The highest BCUT2D eigenvalue weighted by Gasteiger charge is 2.25. The van der Waals surface area contributed by atoms with Crippen molar-refractivity contribution in [2.45, 2.75) is 0 Å². The van der Waals surface area contributed by atoms with Crippen molar-refractivity contribution in [2.24, 2.45) is 0 Å². The average molecular weight is 283 g/mol. The number of benzene rings is 1. The summed E-state index contributed by atoms with van der Waals surface area (Å²) in [6.07, 6.45) is 0.683. The number of anilines is 2. The SMILES string of the molecule is O=[N+]([O-])C(/C=C(/Cl)[N+](=O)[O-])=C1Nc2ccccc2N1. The molecule has 19 heavy (non-hydrogen) atoms. The van der Waals surface area contributed by atoms with Crippen LogP contribution in [0, 0.1) is 20.2 Å². The van der Waals surface area contributed by atoms with Crippen LogP contribution < -0.4 is 10.6 Å². The summed E-state index contributed by atoms with van der Waals surface area (Å²) in [5.74, 6) is 0.0335. The monoisotopic (exact) mass is 282 g/mol. The van der Waals surface area contributed by atoms with Gasteiger partial charge in [-0.05, 0) is 23.7 Å². The molecule has 0 unspecified atom stereocenters. The smallest absolute Gasteiger partial charge is 0.334 e. The number of rotatable bonds is 3. The zero-order valence-corrected chi connectivity index (χ0v) is 10.0. The standard InChI is InChI=1S/C10H7ClN4O4/c11-9(15(18)19)5-8(14(16)17)10-12-6-3-1-2-4-7(6)13-10/h1-5,12-13H/b9-5-. The van der Waals surface area contributed by atoms with Crippen LogP contribution in [0.1, 0.15) is 0 Å². The minimum atomic E-state index is -0.909. The molecule has 2 N–H and O–H groups in total. The largest absolute Gasteiger partial charge is 0.344 e. The van der Waals surface area contributed by atoms with E-state index in [1.54, 1.807) is 24.3 Å². The first kappa shape index (κ1) is 12.8. The number of fused-ring (bicyclic) bond motifs is 1. The first-order valence-electron chi connectivity index (χ1n) is 5.02. The van der Waals surface area contributed by atoms with E-state index in [0.717, 1.165) is 0 Å². The Bertz CT molecular complexity index is 599. The fourth-order valence-corrected chi connectivity index (χ4v) is 1.61. The molecule has 0 saturated heterocycles. The summed E-state index contributed by atoms with van der Waals surface area (Å²) >= 11 is 5.31. The summed E-state index contributed by atoms with van der Waals surface area (Å²) in [5.41, 5.74) is 0.767. The van der Waals surface area contributed by atoms with E-state index in [2.05, 4.69) is 10.6 Å². The number of nitrogens with zero attached hydrogens (tertiary/aromatic N) is 2. The molecule has 0 atom stereocenters. The second-order valence-corrected chi connectivity index (χ2v) is 3.92. The molecule has 1 aliphatic rings. The number of nitrogens with one attached hydrogen (secondary N) is 2. The average Bonchev–Trinajstić information content (AvgIpc) is 2.78. The third-order valence-electron chi connectivity index (χ3n) is 2.33. The van der Waals surface area contributed by atoms with Gasteiger partial charge < -0.3 is 10.6 Å². The van der Waals surface area contributed by atoms with Gasteiger partial charge in [-0.3, -0.25) is 20.2 Å². The molecule has 0 amide bonds. The van der Waals surface area contributed by atoms with Crippen molar-refractivity contribution in [2.75, 3.05) is 10.6 Å². The van der Waals surface area contributed by atoms with Crippen molar-refractivity contribution in [3.63, 3.8) is 0 Å². The molecule has 98 valence electrons. The lowest BCUT2D eigenvalue weighted by atomic mass is 10.3. The van der Waals surface area contributed by atoms with Crippen molar-refractivity contribution in [3.8, 4) is 0 Å². The molecule has 9 heteroatoms. The third kappa shape index (κ3) is 2.63. The van der Waals surface area contributed by atoms with Crippen LogP contribution in [0.15, 0.2) is 47.0 Å². The van der Waals surface area contributed by atoms with Gasteiger partial charge in [-0.2, -0.15) is 0 Å². The highest BCUT2D eigenvalue weighted by atomic mass is 35.5. The lowest BCUT2D eigenvalue weighted by molar-refractivity contribution is -0.428. The van der Waals surface area contributed by atoms with Crippen LogP contribution in [0.4, 0.5) is 11.4 Å². The first-order valence-corrected chi connectivity index (χ1v) is 5.40. The Balaban J connectivity index is 2.42. The Labute approximate surface area is 111 Å². The van der Waals surface area contributed by atoms with Gasteiger partial charge in [-0.15, -0.1) is 0 Å². The summed E-state index contributed by atoms with van der Waals surface area (Å²) < 4.78 is 0. The number of hydrogen-bond acceptors (Lipinski definition) is 6. The van der Waals surface area contributed by atoms with Gasteiger partial charge in [0.2, 0.25) is 0 Å². The van der Waals surface area contributed by atoms with Crippen molar-refractivity contribution in [1.29, 1.82) is 0 Å². The molecule has 0 aliphatic carbocycles. The fourth-order valence-electron chi connectivity index (χ4n) is 1.51. The Kier molecular flexibility index (Phi) is 3.34. The van der Waals surface area contributed by atoms with Gasteiger partial charge in [0.15, 0.2) is 5.82 Å². The molecule has 2 rings (SSSR count). The second-order valence-electron chi connectivity index (χ2n) is 3.54. The van der Waals surface area contributed by atoms with Crippen LogP contribution in [0.25, 0.3) is 0 Å². The summed E-state index contributed by atoms with van der Waals surface area (Å²) in [6.45, 7) is 0. The lowest BCUT2D eigenvalue weighted by Crippen LogP contribution is -2.10. The van der Waals surface area contributed by atoms with E-state index in [1.165, 1.54) is 0 Å². The third-order valence-corrected chi connectivity index (χ3v) is 2.58. The predicted molar refractivity (Wildman–Crippen MR) is 68.6 cm³/mol. The molecule has 0 radical (unpaired) electrons. The minimum absolute atomic E-state index is 0.0335. The van der Waals surface area contributed by atoms with Crippen LogP contribution in [0.3, 0.4) is 0 Å². The van der Waals surface area contributed by atoms with Crippen LogP contribution in [-0.4, -0.2) is 9.85 Å². The van der Waals surface area contributed by atoms with Crippen LogP contribution in [-0.2, 0) is 0 Å². The molecule has 0 fully saturated rings. The Hall–Kier alpha value is -2.61. The van der Waals surface area contributed by atoms with Gasteiger partial charge in [-0.1, -0.05) is 12.1 Å². The minimum Gasteiger partial charge on any atom is -0.334 e. The van der Waals surface area contributed by atoms with E-state index in [0.29, 0.717) is 17.5 Å². The molecular formula is C10H7ClN4O4. The van der Waals surface area contributed by atoms with Gasteiger partial charge in [0, 0.05) is 0 Å². The Morgan fingerprint density at radius 3 is 2.05 bits per heavy atom. The maximum absolute atomic E-state index is 10.9. The zero-order chi connectivity index (χ0) is 14.0. The number of para-hydroxylation sites is 2. The zero-order valence-electron chi connectivity index (χ0n) is 9.29. The van der Waals surface area contributed by atoms with Crippen molar-refractivity contribution in [3.05, 3.63) is 67.2 Å². The Morgan fingerprint density at radius 2 is 1.63 bits per heavy atom. The van der Waals surface area contributed by atoms with Gasteiger partial charge in [-0.25, -0.2) is 0 Å². The molecular weight excluding hydrogens is 276 g/mol. The Morgan fingerprint density at radius 1 is 1.11 bits per heavy atom. The van der Waals surface area contributed by atoms with Gasteiger partial charge in [0.1, 0.15) is 6.08 Å². The fraction of sp³-hybridized carbons (Fsp3) is 0. The highest BCUT2D eigenvalue weighted by Crippen LogP contribution is 2.31. The number of halogens is 1. The molecule has 1 aliphatic heterocycles. The number of allylic oxidation sites excluding steroid dienone is 1. The molecule has 0 saturated carbocycles. The topological polar surface area (TPSA) is 110 Å². The molecule has 0 spiro atoms. The van der Waals surface area contributed by atoms with E-state index < -0.39 is 20.7 Å². The second kappa shape index (κ2) is 4.94. The normalized spacial score (nSPS) is 13.3. The molecule has 1 aromatic rings. The summed E-state index contributed by atoms with van der Waals surface area (Å²) in [6, 6.07) is 6.93. The van der Waals surface area contributed by atoms with Crippen molar-refractivity contribution in [1.82, 2.24) is 0 Å². The van der Waals surface area contributed by atoms with E-state index in [9.17, 15) is 20.2 Å². The highest BCUT2D eigenvalue weighted by molar-refractivity contribution is 6.28. The maximum Gasteiger partial charge on any atom is 0.344 e. The lowest BCUT2D eigenvalue weighted by Gasteiger charge is -1.99. The van der Waals surface area contributed by atoms with Crippen LogP contribution >= 0.6 is 11.6 Å². The van der Waals surface area contributed by atoms with Gasteiger partial charge >= 0.3 is 10.9 Å². The molecule has 1 heterocycles. The van der Waals surface area contributed by atoms with E-state index in [1.807, 2.05) is 0 Å². The van der Waals surface area contributed by atoms with Crippen molar-refractivity contribution >= 4 is 23.0 Å². The molecule has 0 bridgehead atoms. The predicted octanol–water partition coefficient (Wildman–Crippen LogP) is 2.33.